The standard InChI is InChI=1S/C39H64/c1-20-26(27-22-21-25(34(2,3)4)23-28(27)35(5,6)7)31-32(38(14,15)16)29(36(8,9)10)24-30(37(11,12)13)33(31)39(17,18)19/h21-24,26H,20H2,1-19H3. The lowest BCUT2D eigenvalue weighted by Gasteiger charge is -2.43. The Hall–Kier alpha value is -1.56. The van der Waals surface area contributed by atoms with E-state index in [1.807, 2.05) is 0 Å². The fourth-order valence-corrected chi connectivity index (χ4v) is 6.41. The molecule has 220 valence electrons. The first-order valence-electron chi connectivity index (χ1n) is 15.5. The lowest BCUT2D eigenvalue weighted by atomic mass is 9.61. The molecule has 0 saturated carbocycles. The van der Waals surface area contributed by atoms with Gasteiger partial charge in [0.1, 0.15) is 0 Å². The van der Waals surface area contributed by atoms with Crippen LogP contribution in [0.4, 0.5) is 0 Å². The summed E-state index contributed by atoms with van der Waals surface area (Å²) in [6, 6.07) is 10.0. The molecule has 2 rings (SSSR count). The van der Waals surface area contributed by atoms with E-state index < -0.39 is 0 Å². The average molecular weight is 533 g/mol. The van der Waals surface area contributed by atoms with Gasteiger partial charge in [0.15, 0.2) is 0 Å². The summed E-state index contributed by atoms with van der Waals surface area (Å²) >= 11 is 0. The Bertz CT molecular complexity index is 1110. The van der Waals surface area contributed by atoms with Gasteiger partial charge in [-0.2, -0.15) is 0 Å². The zero-order valence-corrected chi connectivity index (χ0v) is 29.6. The molecule has 0 saturated heterocycles. The van der Waals surface area contributed by atoms with Crippen molar-refractivity contribution in [3.8, 4) is 0 Å². The molecule has 1 atom stereocenters. The van der Waals surface area contributed by atoms with Crippen molar-refractivity contribution in [1.82, 2.24) is 0 Å². The van der Waals surface area contributed by atoms with Crippen LogP contribution in [-0.2, 0) is 32.5 Å². The van der Waals surface area contributed by atoms with Crippen LogP contribution in [0.2, 0.25) is 0 Å². The quantitative estimate of drug-likeness (QED) is 0.369. The van der Waals surface area contributed by atoms with Gasteiger partial charge in [0, 0.05) is 5.92 Å². The third kappa shape index (κ3) is 7.21. The summed E-state index contributed by atoms with van der Waals surface area (Å²) in [6.45, 7) is 45.7. The van der Waals surface area contributed by atoms with Crippen LogP contribution in [0, 0.1) is 0 Å². The monoisotopic (exact) mass is 533 g/mol. The van der Waals surface area contributed by atoms with Crippen LogP contribution in [-0.4, -0.2) is 0 Å². The molecule has 0 heterocycles. The molecule has 1 unspecified atom stereocenters. The summed E-state index contributed by atoms with van der Waals surface area (Å²) in [5, 5.41) is 0. The van der Waals surface area contributed by atoms with Crippen LogP contribution < -0.4 is 0 Å². The largest absolute Gasteiger partial charge is 0.0645 e. The Kier molecular flexibility index (Phi) is 8.94. The molecule has 0 radical (unpaired) electrons. The molecule has 0 nitrogen and oxygen atoms in total. The zero-order valence-electron chi connectivity index (χ0n) is 29.6. The predicted octanol–water partition coefficient (Wildman–Crippen LogP) is 12.0. The van der Waals surface area contributed by atoms with E-state index >= 15 is 0 Å². The van der Waals surface area contributed by atoms with Crippen molar-refractivity contribution in [1.29, 1.82) is 0 Å². The zero-order chi connectivity index (χ0) is 30.7. The van der Waals surface area contributed by atoms with E-state index in [0.29, 0.717) is 5.92 Å². The normalized spacial score (nSPS) is 15.1. The molecule has 0 bridgehead atoms. The highest BCUT2D eigenvalue weighted by Crippen LogP contribution is 2.51. The lowest BCUT2D eigenvalue weighted by molar-refractivity contribution is 0.483. The molecule has 0 fully saturated rings. The topological polar surface area (TPSA) is 0 Å². The second-order valence-electron chi connectivity index (χ2n) is 18.4. The predicted molar refractivity (Wildman–Crippen MR) is 177 cm³/mol. The van der Waals surface area contributed by atoms with Crippen molar-refractivity contribution in [2.75, 3.05) is 0 Å². The highest BCUT2D eigenvalue weighted by Gasteiger charge is 2.39. The highest BCUT2D eigenvalue weighted by molar-refractivity contribution is 5.60. The van der Waals surface area contributed by atoms with Gasteiger partial charge in [0.2, 0.25) is 0 Å². The summed E-state index contributed by atoms with van der Waals surface area (Å²) in [4.78, 5) is 0. The summed E-state index contributed by atoms with van der Waals surface area (Å²) < 4.78 is 0. The highest BCUT2D eigenvalue weighted by atomic mass is 14.4. The number of benzene rings is 2. The first-order chi connectivity index (χ1) is 17.1. The van der Waals surface area contributed by atoms with E-state index in [1.165, 1.54) is 27.8 Å². The van der Waals surface area contributed by atoms with Gasteiger partial charge in [-0.05, 0) is 83.4 Å². The Balaban J connectivity index is 3.33. The molecule has 0 amide bonds. The molecule has 2 aromatic rings. The second-order valence-corrected chi connectivity index (χ2v) is 18.4. The van der Waals surface area contributed by atoms with Gasteiger partial charge >= 0.3 is 0 Å². The van der Waals surface area contributed by atoms with E-state index in [1.54, 1.807) is 16.7 Å². The van der Waals surface area contributed by atoms with Crippen LogP contribution in [0.1, 0.15) is 188 Å². The van der Waals surface area contributed by atoms with Gasteiger partial charge in [-0.25, -0.2) is 0 Å². The fourth-order valence-electron chi connectivity index (χ4n) is 6.41. The van der Waals surface area contributed by atoms with Crippen molar-refractivity contribution >= 4 is 0 Å². The minimum Gasteiger partial charge on any atom is -0.0645 e. The summed E-state index contributed by atoms with van der Waals surface area (Å²) in [5.41, 5.74) is 12.5. The molecule has 0 aliphatic heterocycles. The number of hydrogen-bond donors (Lipinski definition) is 0. The van der Waals surface area contributed by atoms with E-state index in [0.717, 1.165) is 6.42 Å². The van der Waals surface area contributed by atoms with Crippen molar-refractivity contribution in [2.24, 2.45) is 0 Å². The molecular weight excluding hydrogens is 468 g/mol. The molecular formula is C39H64. The number of hydrogen-bond acceptors (Lipinski definition) is 0. The Morgan fingerprint density at radius 3 is 1.13 bits per heavy atom. The van der Waals surface area contributed by atoms with Crippen molar-refractivity contribution < 1.29 is 0 Å². The molecule has 2 aromatic carbocycles. The van der Waals surface area contributed by atoms with E-state index in [4.69, 9.17) is 0 Å². The van der Waals surface area contributed by atoms with E-state index in [2.05, 4.69) is 156 Å². The van der Waals surface area contributed by atoms with Crippen LogP contribution in [0.15, 0.2) is 24.3 Å². The Labute approximate surface area is 244 Å². The van der Waals surface area contributed by atoms with E-state index in [9.17, 15) is 0 Å². The molecule has 0 aliphatic rings. The lowest BCUT2D eigenvalue weighted by Crippen LogP contribution is -2.33. The minimum absolute atomic E-state index is 0.0228. The Morgan fingerprint density at radius 1 is 0.462 bits per heavy atom. The molecule has 0 aromatic heterocycles. The summed E-state index contributed by atoms with van der Waals surface area (Å²) in [7, 11) is 0. The maximum Gasteiger partial charge on any atom is 0.00957 e. The van der Waals surface area contributed by atoms with Crippen LogP contribution in [0.5, 0.6) is 0 Å². The van der Waals surface area contributed by atoms with Gasteiger partial charge in [0.25, 0.3) is 0 Å². The molecule has 39 heavy (non-hydrogen) atoms. The average Bonchev–Trinajstić information content (AvgIpc) is 2.69. The number of rotatable bonds is 3. The molecule has 0 heteroatoms. The van der Waals surface area contributed by atoms with Crippen LogP contribution in [0.3, 0.4) is 0 Å². The maximum atomic E-state index is 2.60. The van der Waals surface area contributed by atoms with Crippen molar-refractivity contribution in [3.05, 3.63) is 68.8 Å². The van der Waals surface area contributed by atoms with Gasteiger partial charge < -0.3 is 0 Å². The van der Waals surface area contributed by atoms with E-state index in [-0.39, 0.29) is 32.5 Å². The molecule has 0 aliphatic carbocycles. The van der Waals surface area contributed by atoms with Gasteiger partial charge in [-0.1, -0.05) is 156 Å². The minimum atomic E-state index is 0.0228. The van der Waals surface area contributed by atoms with Gasteiger partial charge in [-0.3, -0.25) is 0 Å². The maximum absolute atomic E-state index is 2.60. The van der Waals surface area contributed by atoms with Crippen molar-refractivity contribution in [3.63, 3.8) is 0 Å². The first kappa shape index (κ1) is 33.6. The smallest absolute Gasteiger partial charge is 0.00957 e. The second kappa shape index (κ2) is 10.4. The summed E-state index contributed by atoms with van der Waals surface area (Å²) in [5.74, 6) is 0.333. The van der Waals surface area contributed by atoms with Crippen LogP contribution in [0.25, 0.3) is 0 Å². The third-order valence-electron chi connectivity index (χ3n) is 8.34. The SMILES string of the molecule is CCC(c1ccc(C(C)(C)C)cc1C(C)(C)C)c1c(C(C)(C)C)c(C(C)(C)C)cc(C(C)(C)C)c1C(C)(C)C. The fraction of sp³-hybridized carbons (Fsp3) is 0.692. The van der Waals surface area contributed by atoms with Crippen LogP contribution >= 0.6 is 0 Å². The summed E-state index contributed by atoms with van der Waals surface area (Å²) in [6.07, 6.45) is 1.08. The molecule has 0 spiro atoms. The molecule has 0 N–H and O–H groups in total. The van der Waals surface area contributed by atoms with Gasteiger partial charge in [-0.15, -0.1) is 0 Å². The first-order valence-corrected chi connectivity index (χ1v) is 15.5. The Morgan fingerprint density at radius 2 is 0.846 bits per heavy atom. The third-order valence-corrected chi connectivity index (χ3v) is 8.34. The van der Waals surface area contributed by atoms with Crippen molar-refractivity contribution in [2.45, 2.75) is 176 Å². The van der Waals surface area contributed by atoms with Gasteiger partial charge in [0.05, 0.1) is 0 Å².